The number of hydrogen-bond acceptors (Lipinski definition) is 3. The van der Waals surface area contributed by atoms with Crippen LogP contribution in [0.25, 0.3) is 5.57 Å². The molecular weight excluding hydrogens is 340 g/mol. The van der Waals surface area contributed by atoms with Crippen LogP contribution in [0, 0.1) is 0 Å². The third-order valence-corrected chi connectivity index (χ3v) is 4.08. The Hall–Kier alpha value is -2.46. The van der Waals surface area contributed by atoms with Crippen LogP contribution in [0.2, 0.25) is 0 Å². The first-order chi connectivity index (χ1) is 12.8. The molecule has 1 heterocycles. The highest BCUT2D eigenvalue weighted by molar-refractivity contribution is 7.16. The highest BCUT2D eigenvalue weighted by atomic mass is 32.1. The minimum absolute atomic E-state index is 0.601. The molecule has 140 valence electrons. The molecule has 1 aromatic heterocycles. The Morgan fingerprint density at radius 3 is 2.62 bits per heavy atom. The quantitative estimate of drug-likeness (QED) is 0.439. The molecule has 1 N–H and O–H groups in total. The largest absolute Gasteiger partial charge is 0.305 e. The molecule has 0 radical (unpaired) electrons. The second kappa shape index (κ2) is 14.8. The minimum Gasteiger partial charge on any atom is -0.305 e. The number of thiazole rings is 1. The van der Waals surface area contributed by atoms with Gasteiger partial charge in [-0.1, -0.05) is 89.5 Å². The molecule has 0 fully saturated rings. The van der Waals surface area contributed by atoms with Crippen molar-refractivity contribution in [2.45, 2.75) is 40.5 Å². The molecule has 3 nitrogen and oxygen atoms in total. The standard InChI is InChI=1S/C18H18N2OS.2C2H6/c1-3-9-14(4-2)12-16-17(20-18(22-16)19-13-21)15-10-7-5-6-8-11-15;2*1-2/h3-5,7-11,13H,1-2,6,12H2,(H,19,20,21);2*1-2H3/b14-9+;;. The lowest BCUT2D eigenvalue weighted by atomic mass is 10.1. The Kier molecular flexibility index (Phi) is 13.4. The summed E-state index contributed by atoms with van der Waals surface area (Å²) in [4.78, 5) is 16.3. The molecule has 1 aromatic rings. The first-order valence-electron chi connectivity index (χ1n) is 8.96. The predicted octanol–water partition coefficient (Wildman–Crippen LogP) is 6.50. The molecule has 1 aliphatic carbocycles. The molecule has 0 saturated carbocycles. The molecule has 4 heteroatoms. The third kappa shape index (κ3) is 7.62. The molecule has 0 atom stereocenters. The second-order valence-electron chi connectivity index (χ2n) is 4.60. The number of rotatable bonds is 7. The maximum Gasteiger partial charge on any atom is 0.213 e. The van der Waals surface area contributed by atoms with E-state index in [9.17, 15) is 4.79 Å². The number of aromatic nitrogens is 1. The molecule has 0 saturated heterocycles. The van der Waals surface area contributed by atoms with Gasteiger partial charge in [-0.05, 0) is 12.0 Å². The summed E-state index contributed by atoms with van der Waals surface area (Å²) in [6.07, 6.45) is 18.1. The highest BCUT2D eigenvalue weighted by Gasteiger charge is 2.14. The van der Waals surface area contributed by atoms with E-state index < -0.39 is 0 Å². The van der Waals surface area contributed by atoms with Gasteiger partial charge >= 0.3 is 0 Å². The topological polar surface area (TPSA) is 42.0 Å². The molecule has 0 bridgehead atoms. The summed E-state index contributed by atoms with van der Waals surface area (Å²) in [6, 6.07) is 0. The number of nitrogens with zero attached hydrogens (tertiary/aromatic N) is 1. The maximum atomic E-state index is 10.7. The molecular formula is C22H30N2OS. The molecule has 0 spiro atoms. The number of carbonyl (C=O) groups excluding carboxylic acids is 1. The van der Waals surface area contributed by atoms with Gasteiger partial charge in [0.05, 0.1) is 5.69 Å². The van der Waals surface area contributed by atoms with Crippen LogP contribution in [0.15, 0.2) is 67.3 Å². The Morgan fingerprint density at radius 1 is 1.27 bits per heavy atom. The van der Waals surface area contributed by atoms with E-state index in [2.05, 4.69) is 41.7 Å². The average molecular weight is 371 g/mol. The van der Waals surface area contributed by atoms with Crippen molar-refractivity contribution in [2.24, 2.45) is 0 Å². The van der Waals surface area contributed by atoms with Gasteiger partial charge in [-0.2, -0.15) is 0 Å². The van der Waals surface area contributed by atoms with Crippen LogP contribution in [-0.2, 0) is 11.2 Å². The Morgan fingerprint density at radius 2 is 2.00 bits per heavy atom. The summed E-state index contributed by atoms with van der Waals surface area (Å²) < 4.78 is 0. The van der Waals surface area contributed by atoms with Crippen molar-refractivity contribution in [2.75, 3.05) is 5.32 Å². The average Bonchev–Trinajstić information content (AvgIpc) is 2.89. The number of hydrogen-bond donors (Lipinski definition) is 1. The van der Waals surface area contributed by atoms with Crippen molar-refractivity contribution in [3.05, 3.63) is 77.9 Å². The van der Waals surface area contributed by atoms with E-state index in [-0.39, 0.29) is 0 Å². The van der Waals surface area contributed by atoms with Gasteiger partial charge in [0.1, 0.15) is 0 Å². The van der Waals surface area contributed by atoms with E-state index in [1.807, 2.05) is 52.0 Å². The monoisotopic (exact) mass is 370 g/mol. The first-order valence-corrected chi connectivity index (χ1v) is 9.77. The Bertz CT molecular complexity index is 691. The molecule has 0 unspecified atom stereocenters. The van der Waals surface area contributed by atoms with Gasteiger partial charge in [0.2, 0.25) is 6.41 Å². The molecule has 26 heavy (non-hydrogen) atoms. The molecule has 1 amide bonds. The fourth-order valence-corrected chi connectivity index (χ4v) is 3.06. The van der Waals surface area contributed by atoms with E-state index in [1.54, 1.807) is 6.08 Å². The minimum atomic E-state index is 0.601. The lowest BCUT2D eigenvalue weighted by Gasteiger charge is -2.03. The third-order valence-electron chi connectivity index (χ3n) is 3.09. The number of amides is 1. The predicted molar refractivity (Wildman–Crippen MR) is 118 cm³/mol. The number of carbonyl (C=O) groups is 1. The summed E-state index contributed by atoms with van der Waals surface area (Å²) in [5, 5.41) is 3.24. The summed E-state index contributed by atoms with van der Waals surface area (Å²) in [5.74, 6) is 0. The number of nitrogens with one attached hydrogen (secondary N) is 1. The van der Waals surface area contributed by atoms with Crippen molar-refractivity contribution in [1.29, 1.82) is 0 Å². The van der Waals surface area contributed by atoms with E-state index in [0.29, 0.717) is 18.0 Å². The van der Waals surface area contributed by atoms with E-state index in [4.69, 9.17) is 0 Å². The lowest BCUT2D eigenvalue weighted by Crippen LogP contribution is -1.94. The van der Waals surface area contributed by atoms with Crippen LogP contribution in [-0.4, -0.2) is 11.4 Å². The van der Waals surface area contributed by atoms with Crippen LogP contribution in [0.3, 0.4) is 0 Å². The van der Waals surface area contributed by atoms with Gasteiger partial charge in [-0.3, -0.25) is 4.79 Å². The van der Waals surface area contributed by atoms with Gasteiger partial charge < -0.3 is 5.32 Å². The molecule has 2 rings (SSSR count). The van der Waals surface area contributed by atoms with Gasteiger partial charge in [0, 0.05) is 16.9 Å². The zero-order valence-corrected chi connectivity index (χ0v) is 17.1. The van der Waals surface area contributed by atoms with Crippen molar-refractivity contribution in [1.82, 2.24) is 4.98 Å². The van der Waals surface area contributed by atoms with Gasteiger partial charge in [-0.15, -0.1) is 11.3 Å². The van der Waals surface area contributed by atoms with Crippen LogP contribution in [0.4, 0.5) is 5.13 Å². The smallest absolute Gasteiger partial charge is 0.213 e. The van der Waals surface area contributed by atoms with Gasteiger partial charge in [0.25, 0.3) is 0 Å². The van der Waals surface area contributed by atoms with Crippen molar-refractivity contribution < 1.29 is 4.79 Å². The lowest BCUT2D eigenvalue weighted by molar-refractivity contribution is -0.105. The molecule has 1 aliphatic rings. The summed E-state index contributed by atoms with van der Waals surface area (Å²) in [6.45, 7) is 15.6. The summed E-state index contributed by atoms with van der Waals surface area (Å²) in [7, 11) is 0. The zero-order valence-electron chi connectivity index (χ0n) is 16.3. The fraction of sp³-hybridized carbons (Fsp3) is 0.273. The number of allylic oxidation sites excluding steroid dienone is 10. The molecule has 0 aliphatic heterocycles. The highest BCUT2D eigenvalue weighted by Crippen LogP contribution is 2.31. The number of anilines is 1. The first kappa shape index (κ1) is 23.5. The Balaban J connectivity index is 0.00000146. The van der Waals surface area contributed by atoms with E-state index in [0.717, 1.165) is 28.1 Å². The van der Waals surface area contributed by atoms with E-state index >= 15 is 0 Å². The van der Waals surface area contributed by atoms with Crippen molar-refractivity contribution in [3.8, 4) is 0 Å². The van der Waals surface area contributed by atoms with E-state index in [1.165, 1.54) is 11.3 Å². The summed E-state index contributed by atoms with van der Waals surface area (Å²) >= 11 is 1.48. The maximum absolute atomic E-state index is 10.7. The normalized spacial score (nSPS) is 12.5. The van der Waals surface area contributed by atoms with Crippen molar-refractivity contribution in [3.63, 3.8) is 0 Å². The Labute approximate surface area is 162 Å². The van der Waals surface area contributed by atoms with Gasteiger partial charge in [-0.25, -0.2) is 4.98 Å². The SMILES string of the molecule is C=C/C=C(\C=C)Cc1sc(NC=O)nc1C1=CC=CCC=C1.CC.CC. The zero-order chi connectivity index (χ0) is 19.8. The van der Waals surface area contributed by atoms with Crippen LogP contribution in [0.5, 0.6) is 0 Å². The molecule has 0 aromatic carbocycles. The van der Waals surface area contributed by atoms with Gasteiger partial charge in [0.15, 0.2) is 5.13 Å². The van der Waals surface area contributed by atoms with Crippen molar-refractivity contribution >= 4 is 28.5 Å². The fourth-order valence-electron chi connectivity index (χ4n) is 2.08. The van der Waals surface area contributed by atoms with Crippen LogP contribution < -0.4 is 5.32 Å². The summed E-state index contributed by atoms with van der Waals surface area (Å²) in [5.41, 5.74) is 3.00. The van der Waals surface area contributed by atoms with Crippen LogP contribution in [0.1, 0.15) is 44.7 Å². The second-order valence-corrected chi connectivity index (χ2v) is 5.68. The van der Waals surface area contributed by atoms with Crippen LogP contribution >= 0.6 is 11.3 Å².